The second-order valence-electron chi connectivity index (χ2n) is 4.02. The predicted octanol–water partition coefficient (Wildman–Crippen LogP) is 1.69. The van der Waals surface area contributed by atoms with Crippen LogP contribution in [0.2, 0.25) is 0 Å². The molecule has 0 bridgehead atoms. The minimum Gasteiger partial charge on any atom is -0.497 e. The first-order chi connectivity index (χ1) is 9.22. The van der Waals surface area contributed by atoms with Crippen molar-refractivity contribution in [3.05, 3.63) is 35.5 Å². The summed E-state index contributed by atoms with van der Waals surface area (Å²) in [5.41, 5.74) is 1.04. The van der Waals surface area contributed by atoms with Gasteiger partial charge in [-0.25, -0.2) is 0 Å². The number of benzene rings is 1. The van der Waals surface area contributed by atoms with Crippen LogP contribution in [0.5, 0.6) is 11.5 Å². The van der Waals surface area contributed by atoms with Gasteiger partial charge in [-0.1, -0.05) is 11.2 Å². The van der Waals surface area contributed by atoms with Crippen molar-refractivity contribution in [2.24, 2.45) is 0 Å². The first-order valence-electron chi connectivity index (χ1n) is 5.96. The minimum absolute atomic E-state index is 0.265. The molecule has 1 N–H and O–H groups in total. The topological polar surface area (TPSA) is 69.4 Å². The van der Waals surface area contributed by atoms with Crippen molar-refractivity contribution in [1.82, 2.24) is 15.5 Å². The zero-order valence-corrected chi connectivity index (χ0v) is 11.3. The Bertz CT molecular complexity index is 540. The van der Waals surface area contributed by atoms with Gasteiger partial charge in [0.1, 0.15) is 11.5 Å². The normalized spacial score (nSPS) is 10.5. The molecule has 2 aromatic rings. The first-order valence-corrected chi connectivity index (χ1v) is 5.96. The van der Waals surface area contributed by atoms with E-state index in [1.807, 2.05) is 25.2 Å². The molecule has 102 valence electrons. The number of nitrogens with one attached hydrogen (secondary N) is 1. The Morgan fingerprint density at radius 1 is 1.37 bits per heavy atom. The van der Waals surface area contributed by atoms with Gasteiger partial charge in [0.15, 0.2) is 6.61 Å². The molecule has 0 radical (unpaired) electrons. The van der Waals surface area contributed by atoms with E-state index in [4.69, 9.17) is 14.0 Å². The van der Waals surface area contributed by atoms with E-state index in [-0.39, 0.29) is 6.61 Å². The smallest absolute Gasteiger partial charge is 0.223 e. The lowest BCUT2D eigenvalue weighted by Crippen LogP contribution is -2.08. The van der Waals surface area contributed by atoms with Gasteiger partial charge in [0.05, 0.1) is 7.11 Å². The molecule has 0 aliphatic rings. The van der Waals surface area contributed by atoms with Crippen LogP contribution in [0.1, 0.15) is 17.3 Å². The molecule has 0 fully saturated rings. The van der Waals surface area contributed by atoms with Gasteiger partial charge < -0.3 is 19.3 Å². The summed E-state index contributed by atoms with van der Waals surface area (Å²) in [4.78, 5) is 4.09. The third-order valence-electron chi connectivity index (χ3n) is 2.57. The maximum absolute atomic E-state index is 5.73. The van der Waals surface area contributed by atoms with Crippen LogP contribution < -0.4 is 14.8 Å². The minimum atomic E-state index is 0.265. The number of aryl methyl sites for hydroxylation is 1. The van der Waals surface area contributed by atoms with Gasteiger partial charge in [-0.05, 0) is 13.1 Å². The molecule has 0 aliphatic carbocycles. The van der Waals surface area contributed by atoms with Crippen molar-refractivity contribution in [2.75, 3.05) is 14.2 Å². The average molecular weight is 263 g/mol. The van der Waals surface area contributed by atoms with Crippen LogP contribution in [0.15, 0.2) is 22.7 Å². The lowest BCUT2D eigenvalue weighted by atomic mass is 10.2. The number of rotatable bonds is 6. The summed E-state index contributed by atoms with van der Waals surface area (Å²) in [6, 6.07) is 5.71. The van der Waals surface area contributed by atoms with Crippen LogP contribution in [0.3, 0.4) is 0 Å². The van der Waals surface area contributed by atoms with Gasteiger partial charge in [-0.2, -0.15) is 4.98 Å². The van der Waals surface area contributed by atoms with E-state index in [1.54, 1.807) is 14.0 Å². The third-order valence-corrected chi connectivity index (χ3v) is 2.57. The van der Waals surface area contributed by atoms with Crippen LogP contribution in [0.4, 0.5) is 0 Å². The highest BCUT2D eigenvalue weighted by molar-refractivity contribution is 5.40. The number of ether oxygens (including phenoxy) is 2. The van der Waals surface area contributed by atoms with Crippen molar-refractivity contribution in [1.29, 1.82) is 0 Å². The number of aromatic nitrogens is 2. The molecule has 2 rings (SSSR count). The molecule has 19 heavy (non-hydrogen) atoms. The Hall–Kier alpha value is -2.08. The van der Waals surface area contributed by atoms with Crippen molar-refractivity contribution in [3.63, 3.8) is 0 Å². The predicted molar refractivity (Wildman–Crippen MR) is 69.1 cm³/mol. The SMILES string of the molecule is CNCc1ccc(OC)cc1OCc1noc(C)n1. The van der Waals surface area contributed by atoms with Gasteiger partial charge >= 0.3 is 0 Å². The van der Waals surface area contributed by atoms with Gasteiger partial charge in [-0.15, -0.1) is 0 Å². The fraction of sp³-hybridized carbons (Fsp3) is 0.385. The number of hydrogen-bond donors (Lipinski definition) is 1. The van der Waals surface area contributed by atoms with E-state index in [1.165, 1.54) is 0 Å². The highest BCUT2D eigenvalue weighted by Crippen LogP contribution is 2.25. The molecule has 6 nitrogen and oxygen atoms in total. The maximum Gasteiger partial charge on any atom is 0.223 e. The van der Waals surface area contributed by atoms with Crippen molar-refractivity contribution >= 4 is 0 Å². The molecule has 6 heteroatoms. The summed E-state index contributed by atoms with van der Waals surface area (Å²) in [5.74, 6) is 2.55. The third kappa shape index (κ3) is 3.45. The standard InChI is InChI=1S/C13H17N3O3/c1-9-15-13(16-19-9)8-18-12-6-11(17-3)5-4-10(12)7-14-2/h4-6,14H,7-8H2,1-3H3. The Labute approximate surface area is 111 Å². The average Bonchev–Trinajstić information content (AvgIpc) is 2.83. The summed E-state index contributed by atoms with van der Waals surface area (Å²) < 4.78 is 15.8. The van der Waals surface area contributed by atoms with Crippen LogP contribution in [-0.2, 0) is 13.2 Å². The van der Waals surface area contributed by atoms with E-state index in [2.05, 4.69) is 15.5 Å². The molecular formula is C13H17N3O3. The Morgan fingerprint density at radius 2 is 2.21 bits per heavy atom. The van der Waals surface area contributed by atoms with Crippen LogP contribution in [-0.4, -0.2) is 24.3 Å². The van der Waals surface area contributed by atoms with E-state index < -0.39 is 0 Å². The quantitative estimate of drug-likeness (QED) is 0.855. The highest BCUT2D eigenvalue weighted by Gasteiger charge is 2.08. The van der Waals surface area contributed by atoms with Gasteiger partial charge in [-0.3, -0.25) is 0 Å². The zero-order chi connectivity index (χ0) is 13.7. The first kappa shape index (κ1) is 13.4. The molecule has 0 amide bonds. The largest absolute Gasteiger partial charge is 0.497 e. The van der Waals surface area contributed by atoms with Crippen LogP contribution in [0, 0.1) is 6.92 Å². The monoisotopic (exact) mass is 263 g/mol. The Balaban J connectivity index is 2.12. The second kappa shape index (κ2) is 6.19. The van der Waals surface area contributed by atoms with Gasteiger partial charge in [0, 0.05) is 25.1 Å². The number of methoxy groups -OCH3 is 1. The molecule has 0 unspecified atom stereocenters. The summed E-state index contributed by atoms with van der Waals surface area (Å²) in [6.45, 7) is 2.72. The zero-order valence-electron chi connectivity index (χ0n) is 11.3. The van der Waals surface area contributed by atoms with Crippen molar-refractivity contribution in [2.45, 2.75) is 20.1 Å². The highest BCUT2D eigenvalue weighted by atomic mass is 16.5. The summed E-state index contributed by atoms with van der Waals surface area (Å²) in [5, 5.41) is 6.88. The molecule has 1 heterocycles. The van der Waals surface area contributed by atoms with E-state index >= 15 is 0 Å². The molecule has 0 atom stereocenters. The van der Waals surface area contributed by atoms with E-state index in [9.17, 15) is 0 Å². The fourth-order valence-corrected chi connectivity index (χ4v) is 1.67. The van der Waals surface area contributed by atoms with Crippen LogP contribution in [0.25, 0.3) is 0 Å². The summed E-state index contributed by atoms with van der Waals surface area (Å²) in [6.07, 6.45) is 0. The maximum atomic E-state index is 5.73. The summed E-state index contributed by atoms with van der Waals surface area (Å²) in [7, 11) is 3.51. The lowest BCUT2D eigenvalue weighted by Gasteiger charge is -2.11. The molecule has 0 saturated heterocycles. The number of nitrogens with zero attached hydrogens (tertiary/aromatic N) is 2. The van der Waals surface area contributed by atoms with Crippen molar-refractivity contribution in [3.8, 4) is 11.5 Å². The fourth-order valence-electron chi connectivity index (χ4n) is 1.67. The molecule has 0 saturated carbocycles. The lowest BCUT2D eigenvalue weighted by molar-refractivity contribution is 0.281. The summed E-state index contributed by atoms with van der Waals surface area (Å²) >= 11 is 0. The molecule has 0 aliphatic heterocycles. The second-order valence-corrected chi connectivity index (χ2v) is 4.02. The van der Waals surface area contributed by atoms with Gasteiger partial charge in [0.25, 0.3) is 0 Å². The van der Waals surface area contributed by atoms with E-state index in [0.717, 1.165) is 17.1 Å². The van der Waals surface area contributed by atoms with Crippen LogP contribution >= 0.6 is 0 Å². The number of hydrogen-bond acceptors (Lipinski definition) is 6. The van der Waals surface area contributed by atoms with Gasteiger partial charge in [0.2, 0.25) is 11.7 Å². The van der Waals surface area contributed by atoms with Crippen molar-refractivity contribution < 1.29 is 14.0 Å². The molecule has 1 aromatic carbocycles. The molecule has 0 spiro atoms. The van der Waals surface area contributed by atoms with E-state index in [0.29, 0.717) is 18.3 Å². The molecular weight excluding hydrogens is 246 g/mol. The Morgan fingerprint density at radius 3 is 2.84 bits per heavy atom. The Kier molecular flexibility index (Phi) is 4.35. The molecule has 1 aromatic heterocycles.